The number of benzene rings is 2. The van der Waals surface area contributed by atoms with Crippen LogP contribution in [0.1, 0.15) is 56.2 Å². The van der Waals surface area contributed by atoms with Crippen molar-refractivity contribution in [3.05, 3.63) is 59.7 Å². The van der Waals surface area contributed by atoms with Gasteiger partial charge < -0.3 is 10.1 Å². The van der Waals surface area contributed by atoms with Crippen molar-refractivity contribution in [1.29, 1.82) is 0 Å². The van der Waals surface area contributed by atoms with Crippen molar-refractivity contribution >= 4 is 15.9 Å². The van der Waals surface area contributed by atoms with Crippen molar-refractivity contribution in [2.45, 2.75) is 62.9 Å². The van der Waals surface area contributed by atoms with Gasteiger partial charge in [-0.2, -0.15) is 4.31 Å². The Labute approximate surface area is 185 Å². The third-order valence-corrected chi connectivity index (χ3v) is 7.80. The van der Waals surface area contributed by atoms with E-state index in [0.29, 0.717) is 5.75 Å². The lowest BCUT2D eigenvalue weighted by molar-refractivity contribution is -0.122. The number of carbonyl (C=O) groups excluding carboxylic acids is 1. The Morgan fingerprint density at radius 1 is 1.10 bits per heavy atom. The van der Waals surface area contributed by atoms with Crippen LogP contribution in [0.25, 0.3) is 0 Å². The van der Waals surface area contributed by atoms with Crippen molar-refractivity contribution < 1.29 is 17.9 Å². The van der Waals surface area contributed by atoms with E-state index in [2.05, 4.69) is 5.32 Å². The molecule has 7 heteroatoms. The molecule has 2 aromatic carbocycles. The second-order valence-electron chi connectivity index (χ2n) is 8.19. The molecule has 0 aliphatic heterocycles. The van der Waals surface area contributed by atoms with Gasteiger partial charge in [-0.3, -0.25) is 4.79 Å². The molecule has 1 amide bonds. The fourth-order valence-electron chi connectivity index (χ4n) is 4.16. The highest BCUT2D eigenvalue weighted by Crippen LogP contribution is 2.28. The highest BCUT2D eigenvalue weighted by Gasteiger charge is 2.34. The Morgan fingerprint density at radius 2 is 1.74 bits per heavy atom. The number of sulfonamides is 1. The van der Waals surface area contributed by atoms with Gasteiger partial charge in [-0.15, -0.1) is 0 Å². The molecule has 168 valence electrons. The summed E-state index contributed by atoms with van der Waals surface area (Å²) in [6, 6.07) is 13.8. The maximum atomic E-state index is 13.5. The van der Waals surface area contributed by atoms with Crippen LogP contribution < -0.4 is 10.1 Å². The van der Waals surface area contributed by atoms with Crippen molar-refractivity contribution in [2.24, 2.45) is 0 Å². The molecule has 1 atom stereocenters. The van der Waals surface area contributed by atoms with Crippen molar-refractivity contribution in [3.63, 3.8) is 0 Å². The van der Waals surface area contributed by atoms with Crippen LogP contribution in [0.4, 0.5) is 0 Å². The second-order valence-corrected chi connectivity index (χ2v) is 10.1. The number of rotatable bonds is 8. The average molecular weight is 445 g/mol. The quantitative estimate of drug-likeness (QED) is 0.662. The zero-order chi connectivity index (χ0) is 22.4. The van der Waals surface area contributed by atoms with E-state index in [4.69, 9.17) is 4.74 Å². The maximum absolute atomic E-state index is 13.5. The first kappa shape index (κ1) is 23.3. The predicted molar refractivity (Wildman–Crippen MR) is 121 cm³/mol. The van der Waals surface area contributed by atoms with E-state index in [1.54, 1.807) is 31.4 Å². The maximum Gasteiger partial charge on any atom is 0.243 e. The molecule has 1 fully saturated rings. The van der Waals surface area contributed by atoms with Crippen LogP contribution in [0.3, 0.4) is 0 Å². The Hall–Kier alpha value is -2.38. The van der Waals surface area contributed by atoms with E-state index in [1.807, 2.05) is 38.1 Å². The highest BCUT2D eigenvalue weighted by atomic mass is 32.2. The number of hydrogen-bond acceptors (Lipinski definition) is 4. The van der Waals surface area contributed by atoms with Gasteiger partial charge in [0.15, 0.2) is 0 Å². The molecule has 2 aromatic rings. The van der Waals surface area contributed by atoms with Gasteiger partial charge in [-0.25, -0.2) is 8.42 Å². The number of para-hydroxylation sites is 1. The zero-order valence-corrected chi connectivity index (χ0v) is 19.3. The minimum Gasteiger partial charge on any atom is -0.496 e. The Balaban J connectivity index is 1.81. The zero-order valence-electron chi connectivity index (χ0n) is 18.5. The molecule has 0 spiro atoms. The summed E-state index contributed by atoms with van der Waals surface area (Å²) in [6.45, 7) is 3.59. The van der Waals surface area contributed by atoms with E-state index in [-0.39, 0.29) is 29.4 Å². The topological polar surface area (TPSA) is 75.7 Å². The Morgan fingerprint density at radius 3 is 2.39 bits per heavy atom. The van der Waals surface area contributed by atoms with Crippen molar-refractivity contribution in [1.82, 2.24) is 9.62 Å². The van der Waals surface area contributed by atoms with Crippen LogP contribution in [-0.4, -0.2) is 38.3 Å². The fourth-order valence-corrected chi connectivity index (χ4v) is 5.80. The number of carbonyl (C=O) groups is 1. The Bertz CT molecular complexity index is 983. The van der Waals surface area contributed by atoms with E-state index < -0.39 is 10.0 Å². The number of ether oxygens (including phenoxy) is 1. The second kappa shape index (κ2) is 10.3. The standard InChI is InChI=1S/C24H32N2O4S/c1-18-13-15-21(16-14-18)31(28,29)26(20-9-5-4-6-10-20)17-24(27)25-19(2)22-11-7-8-12-23(22)30-3/h7-8,11-16,19-20H,4-6,9-10,17H2,1-3H3,(H,25,27)/t19-/m1/s1. The summed E-state index contributed by atoms with van der Waals surface area (Å²) in [5.74, 6) is 0.367. The van der Waals surface area contributed by atoms with Gasteiger partial charge in [0, 0.05) is 11.6 Å². The van der Waals surface area contributed by atoms with Crippen LogP contribution >= 0.6 is 0 Å². The molecular weight excluding hydrogens is 412 g/mol. The van der Waals surface area contributed by atoms with Gasteiger partial charge in [0.1, 0.15) is 5.75 Å². The van der Waals surface area contributed by atoms with E-state index in [1.165, 1.54) is 4.31 Å². The van der Waals surface area contributed by atoms with Crippen molar-refractivity contribution in [2.75, 3.05) is 13.7 Å². The minimum atomic E-state index is -3.78. The highest BCUT2D eigenvalue weighted by molar-refractivity contribution is 7.89. The fraction of sp³-hybridized carbons (Fsp3) is 0.458. The molecule has 0 aromatic heterocycles. The van der Waals surface area contributed by atoms with E-state index in [9.17, 15) is 13.2 Å². The summed E-state index contributed by atoms with van der Waals surface area (Å²) in [6.07, 6.45) is 4.61. The van der Waals surface area contributed by atoms with Gasteiger partial charge in [0.25, 0.3) is 0 Å². The summed E-state index contributed by atoms with van der Waals surface area (Å²) in [4.78, 5) is 13.2. The van der Waals surface area contributed by atoms with Crippen molar-refractivity contribution in [3.8, 4) is 5.75 Å². The first-order valence-corrected chi connectivity index (χ1v) is 12.3. The van der Waals surface area contributed by atoms with Crippen LogP contribution in [0.15, 0.2) is 53.4 Å². The van der Waals surface area contributed by atoms with Crippen LogP contribution in [0, 0.1) is 6.92 Å². The van der Waals surface area contributed by atoms with Crippen LogP contribution in [0.5, 0.6) is 5.75 Å². The average Bonchev–Trinajstić information content (AvgIpc) is 2.78. The van der Waals surface area contributed by atoms with E-state index >= 15 is 0 Å². The number of aryl methyl sites for hydroxylation is 1. The van der Waals surface area contributed by atoms with Gasteiger partial charge in [-0.05, 0) is 44.9 Å². The predicted octanol–water partition coefficient (Wildman–Crippen LogP) is 4.20. The molecule has 1 saturated carbocycles. The lowest BCUT2D eigenvalue weighted by Gasteiger charge is -2.33. The number of methoxy groups -OCH3 is 1. The summed E-state index contributed by atoms with van der Waals surface area (Å²) >= 11 is 0. The number of nitrogens with one attached hydrogen (secondary N) is 1. The molecule has 0 saturated heterocycles. The summed E-state index contributed by atoms with van der Waals surface area (Å²) in [5.41, 5.74) is 1.84. The third kappa shape index (κ3) is 5.66. The lowest BCUT2D eigenvalue weighted by atomic mass is 9.95. The summed E-state index contributed by atoms with van der Waals surface area (Å²) in [5, 5.41) is 2.95. The molecule has 1 N–H and O–H groups in total. The monoisotopic (exact) mass is 444 g/mol. The number of hydrogen-bond donors (Lipinski definition) is 1. The lowest BCUT2D eigenvalue weighted by Crippen LogP contribution is -2.47. The van der Waals surface area contributed by atoms with Crippen LogP contribution in [0.2, 0.25) is 0 Å². The summed E-state index contributed by atoms with van der Waals surface area (Å²) in [7, 11) is -2.19. The molecule has 0 radical (unpaired) electrons. The minimum absolute atomic E-state index is 0.160. The molecule has 0 heterocycles. The van der Waals surface area contributed by atoms with Gasteiger partial charge in [0.05, 0.1) is 24.6 Å². The summed E-state index contributed by atoms with van der Waals surface area (Å²) < 4.78 is 33.7. The molecule has 0 bridgehead atoms. The number of nitrogens with zero attached hydrogens (tertiary/aromatic N) is 1. The normalized spacial score (nSPS) is 16.1. The van der Waals surface area contributed by atoms with Crippen LogP contribution in [-0.2, 0) is 14.8 Å². The molecule has 1 aliphatic rings. The molecule has 1 aliphatic carbocycles. The molecular formula is C24H32N2O4S. The third-order valence-electron chi connectivity index (χ3n) is 5.89. The van der Waals surface area contributed by atoms with Gasteiger partial charge >= 0.3 is 0 Å². The first-order valence-electron chi connectivity index (χ1n) is 10.8. The van der Waals surface area contributed by atoms with E-state index in [0.717, 1.165) is 43.2 Å². The SMILES string of the molecule is COc1ccccc1[C@@H](C)NC(=O)CN(C1CCCCC1)S(=O)(=O)c1ccc(C)cc1. The molecule has 3 rings (SSSR count). The molecule has 0 unspecified atom stereocenters. The Kier molecular flexibility index (Phi) is 7.73. The molecule has 6 nitrogen and oxygen atoms in total. The largest absolute Gasteiger partial charge is 0.496 e. The van der Waals surface area contributed by atoms with Gasteiger partial charge in [0.2, 0.25) is 15.9 Å². The molecule has 31 heavy (non-hydrogen) atoms. The number of amides is 1. The first-order chi connectivity index (χ1) is 14.8. The smallest absolute Gasteiger partial charge is 0.243 e. The van der Waals surface area contributed by atoms with Gasteiger partial charge in [-0.1, -0.05) is 55.2 Å².